The molecule has 1 aromatic rings. The van der Waals surface area contributed by atoms with Crippen LogP contribution in [-0.4, -0.2) is 43.8 Å². The zero-order valence-electron chi connectivity index (χ0n) is 11.2. The fourth-order valence-electron chi connectivity index (χ4n) is 2.24. The third kappa shape index (κ3) is 4.72. The van der Waals surface area contributed by atoms with Gasteiger partial charge in [-0.05, 0) is 30.3 Å². The predicted octanol–water partition coefficient (Wildman–Crippen LogP) is 2.91. The monoisotopic (exact) mass is 346 g/mol. The minimum absolute atomic E-state index is 0.284. The second-order valence-electron chi connectivity index (χ2n) is 4.75. The van der Waals surface area contributed by atoms with Crippen LogP contribution in [0.2, 0.25) is 5.02 Å². The van der Waals surface area contributed by atoms with Gasteiger partial charge in [-0.1, -0.05) is 34.5 Å². The molecule has 1 heterocycles. The SMILES string of the molecule is CCN1CCOC(CNCc2cc(Cl)ccc2Br)C1. The lowest BCUT2D eigenvalue weighted by atomic mass is 10.2. The second kappa shape index (κ2) is 7.60. The van der Waals surface area contributed by atoms with Gasteiger partial charge < -0.3 is 10.1 Å². The highest BCUT2D eigenvalue weighted by atomic mass is 79.9. The van der Waals surface area contributed by atoms with Crippen LogP contribution in [0, 0.1) is 0 Å². The Hall–Kier alpha value is -0.130. The van der Waals surface area contributed by atoms with Crippen molar-refractivity contribution in [3.63, 3.8) is 0 Å². The van der Waals surface area contributed by atoms with E-state index in [1.807, 2.05) is 18.2 Å². The van der Waals surface area contributed by atoms with Crippen molar-refractivity contribution in [2.24, 2.45) is 0 Å². The van der Waals surface area contributed by atoms with Crippen LogP contribution in [0.25, 0.3) is 0 Å². The van der Waals surface area contributed by atoms with Crippen molar-refractivity contribution in [3.05, 3.63) is 33.3 Å². The summed E-state index contributed by atoms with van der Waals surface area (Å²) in [6, 6.07) is 5.85. The number of rotatable bonds is 5. The van der Waals surface area contributed by atoms with E-state index in [-0.39, 0.29) is 6.10 Å². The van der Waals surface area contributed by atoms with Gasteiger partial charge >= 0.3 is 0 Å². The van der Waals surface area contributed by atoms with Gasteiger partial charge in [-0.15, -0.1) is 0 Å². The van der Waals surface area contributed by atoms with Gasteiger partial charge in [0.15, 0.2) is 0 Å². The van der Waals surface area contributed by atoms with E-state index < -0.39 is 0 Å². The van der Waals surface area contributed by atoms with Crippen LogP contribution in [0.4, 0.5) is 0 Å². The third-order valence-electron chi connectivity index (χ3n) is 3.37. The summed E-state index contributed by atoms with van der Waals surface area (Å²) in [6.07, 6.45) is 0.284. The maximum Gasteiger partial charge on any atom is 0.0826 e. The molecule has 0 spiro atoms. The van der Waals surface area contributed by atoms with Crippen molar-refractivity contribution in [1.82, 2.24) is 10.2 Å². The Bertz CT molecular complexity index is 416. The number of likely N-dealkylation sites (N-methyl/N-ethyl adjacent to an activating group) is 1. The van der Waals surface area contributed by atoms with Gasteiger partial charge in [-0.3, -0.25) is 4.90 Å². The van der Waals surface area contributed by atoms with E-state index >= 15 is 0 Å². The summed E-state index contributed by atoms with van der Waals surface area (Å²) in [5.41, 5.74) is 1.18. The van der Waals surface area contributed by atoms with Gasteiger partial charge in [0.2, 0.25) is 0 Å². The lowest BCUT2D eigenvalue weighted by Gasteiger charge is -2.32. The molecular formula is C14H20BrClN2O. The Balaban J connectivity index is 1.78. The zero-order valence-corrected chi connectivity index (χ0v) is 13.5. The molecule has 1 saturated heterocycles. The highest BCUT2D eigenvalue weighted by Crippen LogP contribution is 2.20. The van der Waals surface area contributed by atoms with Crippen molar-refractivity contribution in [2.45, 2.75) is 19.6 Å². The summed E-state index contributed by atoms with van der Waals surface area (Å²) >= 11 is 9.54. The highest BCUT2D eigenvalue weighted by Gasteiger charge is 2.18. The van der Waals surface area contributed by atoms with E-state index in [1.54, 1.807) is 0 Å². The molecule has 106 valence electrons. The van der Waals surface area contributed by atoms with Crippen LogP contribution in [0.5, 0.6) is 0 Å². The first kappa shape index (κ1) is 15.3. The molecule has 1 unspecified atom stereocenters. The van der Waals surface area contributed by atoms with Crippen LogP contribution in [0.1, 0.15) is 12.5 Å². The fourth-order valence-corrected chi connectivity index (χ4v) is 2.82. The number of nitrogens with one attached hydrogen (secondary N) is 1. The molecule has 1 aromatic carbocycles. The first-order chi connectivity index (χ1) is 9.19. The average Bonchev–Trinajstić information content (AvgIpc) is 2.43. The number of nitrogens with zero attached hydrogens (tertiary/aromatic N) is 1. The predicted molar refractivity (Wildman–Crippen MR) is 82.7 cm³/mol. The van der Waals surface area contributed by atoms with E-state index in [0.717, 1.165) is 48.8 Å². The summed E-state index contributed by atoms with van der Waals surface area (Å²) in [6.45, 7) is 7.86. The molecule has 2 rings (SSSR count). The molecule has 3 nitrogen and oxygen atoms in total. The molecule has 1 aliphatic heterocycles. The zero-order chi connectivity index (χ0) is 13.7. The first-order valence-corrected chi connectivity index (χ1v) is 7.84. The molecule has 19 heavy (non-hydrogen) atoms. The normalized spacial score (nSPS) is 20.7. The van der Waals surface area contributed by atoms with Gasteiger partial charge in [0, 0.05) is 35.7 Å². The largest absolute Gasteiger partial charge is 0.374 e. The quantitative estimate of drug-likeness (QED) is 0.886. The molecule has 1 aliphatic rings. The minimum Gasteiger partial charge on any atom is -0.374 e. The summed E-state index contributed by atoms with van der Waals surface area (Å²) in [5, 5.41) is 4.21. The number of hydrogen-bond donors (Lipinski definition) is 1. The molecule has 0 bridgehead atoms. The van der Waals surface area contributed by atoms with E-state index in [2.05, 4.69) is 33.1 Å². The summed E-state index contributed by atoms with van der Waals surface area (Å²) in [7, 11) is 0. The molecule has 1 atom stereocenters. The smallest absolute Gasteiger partial charge is 0.0826 e. The number of ether oxygens (including phenoxy) is 1. The Morgan fingerprint density at radius 3 is 3.16 bits per heavy atom. The highest BCUT2D eigenvalue weighted by molar-refractivity contribution is 9.10. The topological polar surface area (TPSA) is 24.5 Å². The molecule has 1 N–H and O–H groups in total. The maximum atomic E-state index is 6.00. The lowest BCUT2D eigenvalue weighted by molar-refractivity contribution is -0.0253. The number of hydrogen-bond acceptors (Lipinski definition) is 3. The molecule has 0 aromatic heterocycles. The molecule has 0 amide bonds. The van der Waals surface area contributed by atoms with Crippen LogP contribution in [-0.2, 0) is 11.3 Å². The van der Waals surface area contributed by atoms with Gasteiger partial charge in [0.05, 0.1) is 12.7 Å². The molecule has 1 fully saturated rings. The van der Waals surface area contributed by atoms with Crippen LogP contribution in [0.3, 0.4) is 0 Å². The van der Waals surface area contributed by atoms with Gasteiger partial charge in [0.1, 0.15) is 0 Å². The number of morpholine rings is 1. The Morgan fingerprint density at radius 2 is 2.37 bits per heavy atom. The number of halogens is 2. The van der Waals surface area contributed by atoms with Gasteiger partial charge in [-0.25, -0.2) is 0 Å². The molecule has 0 radical (unpaired) electrons. The van der Waals surface area contributed by atoms with Crippen LogP contribution >= 0.6 is 27.5 Å². The summed E-state index contributed by atoms with van der Waals surface area (Å²) in [4.78, 5) is 2.42. The lowest BCUT2D eigenvalue weighted by Crippen LogP contribution is -2.46. The van der Waals surface area contributed by atoms with Gasteiger partial charge in [-0.2, -0.15) is 0 Å². The third-order valence-corrected chi connectivity index (χ3v) is 4.37. The van der Waals surface area contributed by atoms with Crippen molar-refractivity contribution in [1.29, 1.82) is 0 Å². The Morgan fingerprint density at radius 1 is 1.53 bits per heavy atom. The summed E-state index contributed by atoms with van der Waals surface area (Å²) < 4.78 is 6.85. The summed E-state index contributed by atoms with van der Waals surface area (Å²) in [5.74, 6) is 0. The average molecular weight is 348 g/mol. The van der Waals surface area contributed by atoms with Crippen molar-refractivity contribution >= 4 is 27.5 Å². The van der Waals surface area contributed by atoms with Gasteiger partial charge in [0.25, 0.3) is 0 Å². The van der Waals surface area contributed by atoms with Crippen molar-refractivity contribution < 1.29 is 4.74 Å². The van der Waals surface area contributed by atoms with E-state index in [0.29, 0.717) is 0 Å². The molecule has 0 aliphatic carbocycles. The number of benzene rings is 1. The standard InChI is InChI=1S/C14H20BrClN2O/c1-2-18-5-6-19-13(10-18)9-17-8-11-7-12(16)3-4-14(11)15/h3-4,7,13,17H,2,5-6,8-10H2,1H3. The fraction of sp³-hybridized carbons (Fsp3) is 0.571. The maximum absolute atomic E-state index is 6.00. The van der Waals surface area contributed by atoms with Crippen molar-refractivity contribution in [3.8, 4) is 0 Å². The minimum atomic E-state index is 0.284. The second-order valence-corrected chi connectivity index (χ2v) is 6.04. The van der Waals surface area contributed by atoms with Crippen LogP contribution < -0.4 is 5.32 Å². The van der Waals surface area contributed by atoms with E-state index in [4.69, 9.17) is 16.3 Å². The molecular weight excluding hydrogens is 328 g/mol. The van der Waals surface area contributed by atoms with E-state index in [9.17, 15) is 0 Å². The Kier molecular flexibility index (Phi) is 6.10. The molecule has 5 heteroatoms. The van der Waals surface area contributed by atoms with Crippen LogP contribution in [0.15, 0.2) is 22.7 Å². The molecule has 0 saturated carbocycles. The van der Waals surface area contributed by atoms with E-state index in [1.165, 1.54) is 5.56 Å². The van der Waals surface area contributed by atoms with Crippen molar-refractivity contribution in [2.75, 3.05) is 32.8 Å². The Labute approximate surface area is 128 Å². The first-order valence-electron chi connectivity index (χ1n) is 6.67.